The van der Waals surface area contributed by atoms with E-state index in [0.29, 0.717) is 10.2 Å². The van der Waals surface area contributed by atoms with E-state index in [2.05, 4.69) is 30.6 Å². The largest absolute Gasteiger partial charge is 0.383 e. The predicted octanol–water partition coefficient (Wildman–Crippen LogP) is 1.61. The molecule has 0 aliphatic rings. The third kappa shape index (κ3) is 3.33. The van der Waals surface area contributed by atoms with Gasteiger partial charge in [-0.1, -0.05) is 6.07 Å². The van der Waals surface area contributed by atoms with E-state index >= 15 is 0 Å². The standard InChI is InChI=1S/C12H13BrN4O2S/c1-8-3-2-4-15-10(8)7-17-20(18,19)11-5-9(13)6-16-12(11)14/h2-6,17H,7H2,1H3,(H2,14,16). The molecule has 0 aliphatic carbocycles. The zero-order valence-electron chi connectivity index (χ0n) is 10.7. The third-order valence-corrected chi connectivity index (χ3v) is 4.55. The molecule has 2 aromatic rings. The normalized spacial score (nSPS) is 11.5. The van der Waals surface area contributed by atoms with Crippen LogP contribution in [0.25, 0.3) is 0 Å². The summed E-state index contributed by atoms with van der Waals surface area (Å²) in [5.41, 5.74) is 7.18. The lowest BCUT2D eigenvalue weighted by atomic mass is 10.2. The molecular formula is C12H13BrN4O2S. The molecule has 0 spiro atoms. The van der Waals surface area contributed by atoms with Crippen molar-refractivity contribution in [1.82, 2.24) is 14.7 Å². The maximum atomic E-state index is 12.2. The van der Waals surface area contributed by atoms with E-state index in [9.17, 15) is 8.42 Å². The van der Waals surface area contributed by atoms with Crippen LogP contribution in [0.3, 0.4) is 0 Å². The number of nitrogens with zero attached hydrogens (tertiary/aromatic N) is 2. The molecule has 0 saturated heterocycles. The first-order valence-corrected chi connectivity index (χ1v) is 7.99. The highest BCUT2D eigenvalue weighted by molar-refractivity contribution is 9.10. The molecule has 0 bridgehead atoms. The lowest BCUT2D eigenvalue weighted by Crippen LogP contribution is -2.25. The highest BCUT2D eigenvalue weighted by atomic mass is 79.9. The molecule has 8 heteroatoms. The van der Waals surface area contributed by atoms with Crippen molar-refractivity contribution in [3.05, 3.63) is 46.3 Å². The van der Waals surface area contributed by atoms with Crippen LogP contribution in [-0.2, 0) is 16.6 Å². The van der Waals surface area contributed by atoms with Crippen LogP contribution in [0.5, 0.6) is 0 Å². The van der Waals surface area contributed by atoms with Crippen molar-refractivity contribution in [1.29, 1.82) is 0 Å². The van der Waals surface area contributed by atoms with Crippen LogP contribution >= 0.6 is 15.9 Å². The number of pyridine rings is 2. The highest BCUT2D eigenvalue weighted by Gasteiger charge is 2.19. The average molecular weight is 357 g/mol. The number of aryl methyl sites for hydroxylation is 1. The molecule has 3 N–H and O–H groups in total. The molecule has 20 heavy (non-hydrogen) atoms. The summed E-state index contributed by atoms with van der Waals surface area (Å²) in [4.78, 5) is 7.89. The van der Waals surface area contributed by atoms with Crippen molar-refractivity contribution in [3.8, 4) is 0 Å². The second-order valence-corrected chi connectivity index (χ2v) is 6.78. The van der Waals surface area contributed by atoms with E-state index in [0.717, 1.165) is 5.56 Å². The number of nitrogens with two attached hydrogens (primary N) is 1. The Morgan fingerprint density at radius 3 is 2.85 bits per heavy atom. The Hall–Kier alpha value is -1.51. The number of aromatic nitrogens is 2. The Labute approximate surface area is 125 Å². The number of hydrogen-bond donors (Lipinski definition) is 2. The van der Waals surface area contributed by atoms with Gasteiger partial charge in [-0.2, -0.15) is 0 Å². The van der Waals surface area contributed by atoms with E-state index in [1.54, 1.807) is 12.3 Å². The van der Waals surface area contributed by atoms with Crippen LogP contribution in [0.2, 0.25) is 0 Å². The van der Waals surface area contributed by atoms with E-state index < -0.39 is 10.0 Å². The van der Waals surface area contributed by atoms with Crippen molar-refractivity contribution in [3.63, 3.8) is 0 Å². The van der Waals surface area contributed by atoms with Gasteiger partial charge >= 0.3 is 0 Å². The Morgan fingerprint density at radius 2 is 2.15 bits per heavy atom. The zero-order valence-corrected chi connectivity index (χ0v) is 13.1. The van der Waals surface area contributed by atoms with Gasteiger partial charge in [0.25, 0.3) is 0 Å². The van der Waals surface area contributed by atoms with Crippen LogP contribution in [-0.4, -0.2) is 18.4 Å². The molecule has 0 radical (unpaired) electrons. The van der Waals surface area contributed by atoms with Gasteiger partial charge in [-0.05, 0) is 40.5 Å². The minimum atomic E-state index is -3.74. The molecule has 2 rings (SSSR count). The van der Waals surface area contributed by atoms with Crippen LogP contribution in [0.15, 0.2) is 40.0 Å². The molecule has 0 fully saturated rings. The summed E-state index contributed by atoms with van der Waals surface area (Å²) in [6.07, 6.45) is 3.06. The number of nitrogens with one attached hydrogen (secondary N) is 1. The lowest BCUT2D eigenvalue weighted by Gasteiger charge is -2.09. The summed E-state index contributed by atoms with van der Waals surface area (Å²) in [6.45, 7) is 1.96. The molecule has 0 unspecified atom stereocenters. The monoisotopic (exact) mass is 356 g/mol. The smallest absolute Gasteiger partial charge is 0.244 e. The van der Waals surface area contributed by atoms with E-state index in [4.69, 9.17) is 5.73 Å². The minimum Gasteiger partial charge on any atom is -0.383 e. The summed E-state index contributed by atoms with van der Waals surface area (Å²) in [7, 11) is -3.74. The van der Waals surface area contributed by atoms with Crippen molar-refractivity contribution in [2.75, 3.05) is 5.73 Å². The van der Waals surface area contributed by atoms with Gasteiger partial charge < -0.3 is 5.73 Å². The number of nitrogen functional groups attached to an aromatic ring is 1. The first kappa shape index (κ1) is 14.9. The van der Waals surface area contributed by atoms with Crippen molar-refractivity contribution < 1.29 is 8.42 Å². The summed E-state index contributed by atoms with van der Waals surface area (Å²) >= 11 is 3.17. The molecule has 0 saturated carbocycles. The number of sulfonamides is 1. The first-order valence-electron chi connectivity index (χ1n) is 5.71. The van der Waals surface area contributed by atoms with Crippen molar-refractivity contribution in [2.24, 2.45) is 0 Å². The second-order valence-electron chi connectivity index (χ2n) is 4.13. The minimum absolute atomic E-state index is 0.0431. The fraction of sp³-hybridized carbons (Fsp3) is 0.167. The predicted molar refractivity (Wildman–Crippen MR) is 79.3 cm³/mol. The SMILES string of the molecule is Cc1cccnc1CNS(=O)(=O)c1cc(Br)cnc1N. The second kappa shape index (κ2) is 5.86. The molecule has 0 atom stereocenters. The molecule has 106 valence electrons. The molecule has 2 aromatic heterocycles. The fourth-order valence-electron chi connectivity index (χ4n) is 1.59. The number of rotatable bonds is 4. The van der Waals surface area contributed by atoms with Gasteiger partial charge in [0.15, 0.2) is 0 Å². The average Bonchev–Trinajstić information content (AvgIpc) is 2.40. The summed E-state index contributed by atoms with van der Waals surface area (Å²) in [6, 6.07) is 5.07. The van der Waals surface area contributed by atoms with Gasteiger partial charge in [0.1, 0.15) is 10.7 Å². The molecule has 2 heterocycles. The summed E-state index contributed by atoms with van der Waals surface area (Å²) in [5.74, 6) is -0.0431. The fourth-order valence-corrected chi connectivity index (χ4v) is 3.17. The van der Waals surface area contributed by atoms with Crippen molar-refractivity contribution >= 4 is 31.8 Å². The number of anilines is 1. The summed E-state index contributed by atoms with van der Waals surface area (Å²) in [5, 5.41) is 0. The Balaban J connectivity index is 2.24. The maximum absolute atomic E-state index is 12.2. The van der Waals surface area contributed by atoms with Crippen molar-refractivity contribution in [2.45, 2.75) is 18.4 Å². The molecule has 0 amide bonds. The topological polar surface area (TPSA) is 98.0 Å². The molecule has 6 nitrogen and oxygen atoms in total. The number of hydrogen-bond acceptors (Lipinski definition) is 5. The van der Waals surface area contributed by atoms with Crippen LogP contribution in [0.1, 0.15) is 11.3 Å². The first-order chi connectivity index (χ1) is 9.40. The van der Waals surface area contributed by atoms with E-state index in [-0.39, 0.29) is 17.3 Å². The Morgan fingerprint density at radius 1 is 1.40 bits per heavy atom. The van der Waals surface area contributed by atoms with Crippen LogP contribution in [0.4, 0.5) is 5.82 Å². The van der Waals surface area contributed by atoms with Gasteiger partial charge in [-0.25, -0.2) is 18.1 Å². The zero-order chi connectivity index (χ0) is 14.8. The van der Waals surface area contributed by atoms with Crippen LogP contribution < -0.4 is 10.5 Å². The van der Waals surface area contributed by atoms with Gasteiger partial charge in [-0.3, -0.25) is 4.98 Å². The highest BCUT2D eigenvalue weighted by Crippen LogP contribution is 2.20. The Bertz CT molecular complexity index is 734. The van der Waals surface area contributed by atoms with Gasteiger partial charge in [-0.15, -0.1) is 0 Å². The Kier molecular flexibility index (Phi) is 4.36. The van der Waals surface area contributed by atoms with Gasteiger partial charge in [0, 0.05) is 16.9 Å². The quantitative estimate of drug-likeness (QED) is 0.866. The van der Waals surface area contributed by atoms with Crippen LogP contribution in [0, 0.1) is 6.92 Å². The summed E-state index contributed by atoms with van der Waals surface area (Å²) < 4.78 is 27.4. The molecular weight excluding hydrogens is 344 g/mol. The molecule has 0 aliphatic heterocycles. The van der Waals surface area contributed by atoms with Gasteiger partial charge in [0.05, 0.1) is 12.2 Å². The number of halogens is 1. The third-order valence-electron chi connectivity index (χ3n) is 2.69. The van der Waals surface area contributed by atoms with E-state index in [1.165, 1.54) is 12.3 Å². The molecule has 0 aromatic carbocycles. The van der Waals surface area contributed by atoms with Gasteiger partial charge in [0.2, 0.25) is 10.0 Å². The lowest BCUT2D eigenvalue weighted by molar-refractivity contribution is 0.580. The van der Waals surface area contributed by atoms with E-state index in [1.807, 2.05) is 13.0 Å². The maximum Gasteiger partial charge on any atom is 0.244 e.